The number of carboxylic acid groups (broad SMARTS) is 1. The zero-order valence-electron chi connectivity index (χ0n) is 18.1. The lowest BCUT2D eigenvalue weighted by Gasteiger charge is -2.49. The maximum absolute atomic E-state index is 12.9. The Morgan fingerprint density at radius 3 is 2.83 bits per heavy atom. The Hall–Kier alpha value is -2.81. The van der Waals surface area contributed by atoms with Crippen molar-refractivity contribution in [3.63, 3.8) is 0 Å². The Morgan fingerprint density at radius 1 is 1.44 bits per heavy atom. The smallest absolute Gasteiger partial charge is 0.352 e. The van der Waals surface area contributed by atoms with E-state index in [0.717, 1.165) is 22.7 Å². The number of carbonyl (C=O) groups is 3. The molecule has 15 nitrogen and oxygen atoms in total. The second-order valence-electron chi connectivity index (χ2n) is 7.18. The van der Waals surface area contributed by atoms with Gasteiger partial charge in [-0.15, -0.1) is 22.0 Å². The third-order valence-corrected chi connectivity index (χ3v) is 8.90. The molecule has 36 heavy (non-hydrogen) atoms. The number of aliphatic carboxylic acids is 1. The van der Waals surface area contributed by atoms with Gasteiger partial charge in [-0.05, 0) is 5.57 Å². The normalized spacial score (nSPS) is 20.1. The van der Waals surface area contributed by atoms with Crippen LogP contribution in [-0.4, -0.2) is 96.6 Å². The number of sulfone groups is 1. The van der Waals surface area contributed by atoms with E-state index in [9.17, 15) is 27.9 Å². The number of nitrogens with zero attached hydrogens (tertiary/aromatic N) is 6. The molecule has 0 saturated carbocycles. The van der Waals surface area contributed by atoms with Crippen LogP contribution in [0.25, 0.3) is 0 Å². The maximum Gasteiger partial charge on any atom is 0.352 e. The highest BCUT2D eigenvalue weighted by molar-refractivity contribution is 8.01. The van der Waals surface area contributed by atoms with E-state index in [2.05, 4.69) is 30.0 Å². The Labute approximate surface area is 219 Å². The lowest BCUT2D eigenvalue weighted by Crippen LogP contribution is -2.71. The number of carboxylic acids is 1. The number of β-lactam (4-membered cyclic amide) rings is 1. The van der Waals surface area contributed by atoms with E-state index in [0.29, 0.717) is 21.4 Å². The number of hydrogen-bond donors (Lipinski definition) is 3. The van der Waals surface area contributed by atoms with E-state index < -0.39 is 50.7 Å². The van der Waals surface area contributed by atoms with E-state index >= 15 is 0 Å². The lowest BCUT2D eigenvalue weighted by atomic mass is 10.0. The fourth-order valence-electron chi connectivity index (χ4n) is 3.08. The summed E-state index contributed by atoms with van der Waals surface area (Å²) < 4.78 is 27.2. The van der Waals surface area contributed by atoms with Gasteiger partial charge in [0.25, 0.3) is 11.8 Å². The van der Waals surface area contributed by atoms with Crippen molar-refractivity contribution in [3.05, 3.63) is 22.6 Å². The second-order valence-corrected chi connectivity index (χ2v) is 13.2. The first kappa shape index (κ1) is 26.3. The fraction of sp³-hybridized carbons (Fsp3) is 0.375. The van der Waals surface area contributed by atoms with Crippen LogP contribution in [0.2, 0.25) is 0 Å². The number of nitrogens with one attached hydrogen (secondary N) is 1. The molecule has 2 aromatic heterocycles. The van der Waals surface area contributed by atoms with Crippen molar-refractivity contribution >= 4 is 84.9 Å². The van der Waals surface area contributed by atoms with E-state index in [-0.39, 0.29) is 16.7 Å². The average molecular weight is 593 g/mol. The quantitative estimate of drug-likeness (QED) is 0.133. The first-order valence-corrected chi connectivity index (χ1v) is 15.4. The summed E-state index contributed by atoms with van der Waals surface area (Å²) in [7, 11) is -3.56. The molecule has 2 aliphatic rings. The summed E-state index contributed by atoms with van der Waals surface area (Å²) in [4.78, 5) is 47.6. The third-order valence-electron chi connectivity index (χ3n) is 4.54. The highest BCUT2D eigenvalue weighted by Crippen LogP contribution is 2.41. The first-order valence-electron chi connectivity index (χ1n) is 9.62. The molecule has 0 aromatic carbocycles. The summed E-state index contributed by atoms with van der Waals surface area (Å²) in [5.74, 6) is -3.20. The number of nitrogens with two attached hydrogens (primary N) is 1. The summed E-state index contributed by atoms with van der Waals surface area (Å²) in [6, 6.07) is -1.06. The predicted molar refractivity (Wildman–Crippen MR) is 132 cm³/mol. The fourth-order valence-corrected chi connectivity index (χ4v) is 6.73. The van der Waals surface area contributed by atoms with Crippen molar-refractivity contribution in [1.82, 2.24) is 29.8 Å². The van der Waals surface area contributed by atoms with Gasteiger partial charge in [0.15, 0.2) is 19.3 Å². The number of carbonyl (C=O) groups excluding carboxylic acids is 2. The van der Waals surface area contributed by atoms with Crippen LogP contribution < -0.4 is 11.1 Å². The molecule has 2 aromatic rings. The van der Waals surface area contributed by atoms with Gasteiger partial charge in [0.05, 0.1) is 0 Å². The summed E-state index contributed by atoms with van der Waals surface area (Å²) >= 11 is 4.70. The summed E-state index contributed by atoms with van der Waals surface area (Å²) in [5.41, 5.74) is 7.05. The van der Waals surface area contributed by atoms with Crippen LogP contribution >= 0.6 is 46.4 Å². The monoisotopic (exact) mass is 592 g/mol. The van der Waals surface area contributed by atoms with Gasteiger partial charge >= 0.3 is 5.97 Å². The van der Waals surface area contributed by atoms with Gasteiger partial charge in [0.2, 0.25) is 17.5 Å². The minimum absolute atomic E-state index is 0.0255. The molecule has 0 spiro atoms. The van der Waals surface area contributed by atoms with E-state index in [1.165, 1.54) is 34.9 Å². The largest absolute Gasteiger partial charge is 0.477 e. The highest BCUT2D eigenvalue weighted by atomic mass is 32.2. The van der Waals surface area contributed by atoms with Gasteiger partial charge in [0, 0.05) is 29.3 Å². The molecular weight excluding hydrogens is 577 g/mol. The number of oxime groups is 1. The number of rotatable bonds is 10. The van der Waals surface area contributed by atoms with Gasteiger partial charge in [-0.3, -0.25) is 14.5 Å². The van der Waals surface area contributed by atoms with Gasteiger partial charge in [0.1, 0.15) is 22.6 Å². The van der Waals surface area contributed by atoms with Crippen molar-refractivity contribution in [1.29, 1.82) is 0 Å². The molecule has 20 heteroatoms. The van der Waals surface area contributed by atoms with Crippen LogP contribution in [0.15, 0.2) is 26.3 Å². The Morgan fingerprint density at radius 2 is 2.22 bits per heavy atom. The first-order chi connectivity index (χ1) is 17.0. The van der Waals surface area contributed by atoms with Gasteiger partial charge in [-0.1, -0.05) is 28.3 Å². The highest BCUT2D eigenvalue weighted by Gasteiger charge is 2.54. The molecule has 2 atom stereocenters. The number of fused-ring (bicyclic) bond motifs is 1. The van der Waals surface area contributed by atoms with Crippen molar-refractivity contribution < 1.29 is 32.7 Å². The molecule has 0 aliphatic carbocycles. The predicted octanol–water partition coefficient (Wildman–Crippen LogP) is -0.774. The van der Waals surface area contributed by atoms with E-state index in [1.807, 2.05) is 0 Å². The van der Waals surface area contributed by atoms with Crippen LogP contribution in [0.1, 0.15) is 5.82 Å². The molecule has 1 fully saturated rings. The molecule has 1 saturated heterocycles. The molecule has 2 aliphatic heterocycles. The zero-order chi connectivity index (χ0) is 26.0. The number of hydrogen-bond acceptors (Lipinski definition) is 16. The second kappa shape index (κ2) is 10.7. The van der Waals surface area contributed by atoms with Gasteiger partial charge in [-0.2, -0.15) is 9.36 Å². The van der Waals surface area contributed by atoms with Crippen molar-refractivity contribution in [3.8, 4) is 0 Å². The minimum atomic E-state index is -3.56. The van der Waals surface area contributed by atoms with Crippen molar-refractivity contribution in [2.24, 2.45) is 5.16 Å². The van der Waals surface area contributed by atoms with Crippen LogP contribution in [0.5, 0.6) is 0 Å². The molecule has 1 unspecified atom stereocenters. The Bertz CT molecular complexity index is 1360. The van der Waals surface area contributed by atoms with Gasteiger partial charge < -0.3 is 21.0 Å². The Balaban J connectivity index is 1.50. The minimum Gasteiger partial charge on any atom is -0.477 e. The van der Waals surface area contributed by atoms with E-state index in [1.54, 1.807) is 5.51 Å². The van der Waals surface area contributed by atoms with Crippen LogP contribution in [0.3, 0.4) is 0 Å². The zero-order valence-corrected chi connectivity index (χ0v) is 22.1. The van der Waals surface area contributed by atoms with Crippen LogP contribution in [0.4, 0.5) is 5.13 Å². The van der Waals surface area contributed by atoms with Crippen molar-refractivity contribution in [2.45, 2.75) is 15.8 Å². The van der Waals surface area contributed by atoms with Crippen LogP contribution in [-0.2, 0) is 29.1 Å². The summed E-state index contributed by atoms with van der Waals surface area (Å²) in [6.07, 6.45) is 0.914. The topological polar surface area (TPSA) is 220 Å². The standard InChI is InChI=1S/C16H16N8O7S5/c1-36(29,30)5-31-22-7(10-20-15(17)35-23-10)11(25)19-8-12(26)24-9(14(27)28)6(2-32-13(8)24)3-33-16-21-18-4-34-16/h4,8,13H,2-3,5H2,1H3,(H,19,25)(H,27,28)(H2,17,20,23)/b22-7-/t8?,13-/m1/s1. The SMILES string of the molecule is CS(=O)(=O)CO/N=C(\C(=O)NC1C(=O)N2C(C(=O)O)=C(CSc3nncs3)CS[C@H]12)c1nsc(N)n1. The molecule has 4 N–H and O–H groups in total. The van der Waals surface area contributed by atoms with E-state index in [4.69, 9.17) is 10.6 Å². The van der Waals surface area contributed by atoms with Gasteiger partial charge in [-0.25, -0.2) is 13.2 Å². The molecule has 0 radical (unpaired) electrons. The number of aromatic nitrogens is 4. The molecule has 4 rings (SSSR count). The molecule has 192 valence electrons. The third kappa shape index (κ3) is 5.77. The summed E-state index contributed by atoms with van der Waals surface area (Å²) in [6.45, 7) is 0. The maximum atomic E-state index is 12.9. The average Bonchev–Trinajstić information content (AvgIpc) is 3.49. The number of thioether (sulfide) groups is 2. The number of nitrogen functional groups attached to an aromatic ring is 1. The Kier molecular flexibility index (Phi) is 7.78. The van der Waals surface area contributed by atoms with Crippen molar-refractivity contribution in [2.75, 3.05) is 29.4 Å². The molecule has 0 bridgehead atoms. The lowest BCUT2D eigenvalue weighted by molar-refractivity contribution is -0.150. The molecular formula is C16H16N8O7S5. The van der Waals surface area contributed by atoms with Crippen LogP contribution in [0, 0.1) is 0 Å². The number of amides is 2. The number of anilines is 1. The summed E-state index contributed by atoms with van der Waals surface area (Å²) in [5, 5.41) is 22.8. The molecule has 2 amide bonds. The molecule has 4 heterocycles.